The molecule has 1 fully saturated rings. The number of carbonyl (C=O) groups is 1. The van der Waals surface area contributed by atoms with Gasteiger partial charge in [0, 0.05) is 45.6 Å². The maximum atomic E-state index is 13.9. The lowest BCUT2D eigenvalue weighted by Crippen LogP contribution is -2.48. The largest absolute Gasteiger partial charge is 0.497 e. The number of piperazine rings is 1. The number of ether oxygens (including phenoxy) is 1. The number of hydrogen-bond acceptors (Lipinski definition) is 4. The standard InChI is InChI=1S/C25H27FN2O3/c1-30-20-8-6-19(7-9-20)18-27-14-16-28(17-15-27)25(29)13-11-21-10-12-24(31-21)22-4-2-3-5-23(22)26/h2-10,12H,11,13-18H2,1H3. The Balaban J connectivity index is 1.23. The molecule has 6 heteroatoms. The van der Waals surface area contributed by atoms with Crippen molar-refractivity contribution in [1.29, 1.82) is 0 Å². The summed E-state index contributed by atoms with van der Waals surface area (Å²) in [5, 5.41) is 0. The molecule has 162 valence electrons. The zero-order valence-electron chi connectivity index (χ0n) is 17.7. The minimum Gasteiger partial charge on any atom is -0.497 e. The van der Waals surface area contributed by atoms with E-state index in [1.54, 1.807) is 31.4 Å². The van der Waals surface area contributed by atoms with Crippen molar-refractivity contribution < 1.29 is 18.3 Å². The first kappa shape index (κ1) is 21.1. The average Bonchev–Trinajstić information content (AvgIpc) is 3.27. The number of halogens is 1. The monoisotopic (exact) mass is 422 g/mol. The van der Waals surface area contributed by atoms with E-state index < -0.39 is 0 Å². The first-order chi connectivity index (χ1) is 15.1. The molecule has 0 unspecified atom stereocenters. The zero-order valence-corrected chi connectivity index (χ0v) is 17.7. The van der Waals surface area contributed by atoms with Gasteiger partial charge in [0.05, 0.1) is 12.7 Å². The van der Waals surface area contributed by atoms with Crippen LogP contribution in [0.4, 0.5) is 4.39 Å². The van der Waals surface area contributed by atoms with E-state index >= 15 is 0 Å². The van der Waals surface area contributed by atoms with Gasteiger partial charge in [-0.2, -0.15) is 0 Å². The van der Waals surface area contributed by atoms with Crippen molar-refractivity contribution >= 4 is 5.91 Å². The number of benzene rings is 2. The van der Waals surface area contributed by atoms with E-state index in [0.717, 1.165) is 38.5 Å². The summed E-state index contributed by atoms with van der Waals surface area (Å²) in [6.45, 7) is 4.05. The molecule has 1 aliphatic heterocycles. The number of rotatable bonds is 7. The summed E-state index contributed by atoms with van der Waals surface area (Å²) in [5.41, 5.74) is 1.68. The number of methoxy groups -OCH3 is 1. The zero-order chi connectivity index (χ0) is 21.6. The van der Waals surface area contributed by atoms with Crippen LogP contribution in [0.1, 0.15) is 17.7 Å². The van der Waals surface area contributed by atoms with Crippen molar-refractivity contribution in [1.82, 2.24) is 9.80 Å². The summed E-state index contributed by atoms with van der Waals surface area (Å²) in [6, 6.07) is 18.2. The third-order valence-electron chi connectivity index (χ3n) is 5.68. The van der Waals surface area contributed by atoms with E-state index in [4.69, 9.17) is 9.15 Å². The van der Waals surface area contributed by atoms with E-state index in [1.165, 1.54) is 11.6 Å². The molecule has 0 bridgehead atoms. The van der Waals surface area contributed by atoms with Crippen LogP contribution in [-0.4, -0.2) is 49.0 Å². The predicted molar refractivity (Wildman–Crippen MR) is 117 cm³/mol. The van der Waals surface area contributed by atoms with E-state index in [0.29, 0.717) is 29.9 Å². The lowest BCUT2D eigenvalue weighted by molar-refractivity contribution is -0.133. The maximum Gasteiger partial charge on any atom is 0.223 e. The Morgan fingerprint density at radius 1 is 1.00 bits per heavy atom. The summed E-state index contributed by atoms with van der Waals surface area (Å²) < 4.78 is 24.9. The highest BCUT2D eigenvalue weighted by molar-refractivity contribution is 5.76. The molecule has 1 amide bonds. The summed E-state index contributed by atoms with van der Waals surface area (Å²) in [6.07, 6.45) is 0.905. The molecule has 0 N–H and O–H groups in total. The molecule has 0 aliphatic carbocycles. The van der Waals surface area contributed by atoms with Gasteiger partial charge in [-0.1, -0.05) is 24.3 Å². The minimum absolute atomic E-state index is 0.132. The Bertz CT molecular complexity index is 1010. The van der Waals surface area contributed by atoms with Gasteiger partial charge in [0.15, 0.2) is 0 Å². The van der Waals surface area contributed by atoms with Crippen molar-refractivity contribution in [3.8, 4) is 17.1 Å². The molecule has 4 rings (SSSR count). The SMILES string of the molecule is COc1ccc(CN2CCN(C(=O)CCc3ccc(-c4ccccc4F)o3)CC2)cc1. The van der Waals surface area contributed by atoms with E-state index in [2.05, 4.69) is 17.0 Å². The first-order valence-corrected chi connectivity index (χ1v) is 10.6. The molecule has 1 aliphatic rings. The molecule has 5 nitrogen and oxygen atoms in total. The molecule has 2 heterocycles. The van der Waals surface area contributed by atoms with Gasteiger partial charge in [0.1, 0.15) is 23.1 Å². The van der Waals surface area contributed by atoms with Gasteiger partial charge in [-0.05, 0) is 42.0 Å². The molecular weight excluding hydrogens is 395 g/mol. The highest BCUT2D eigenvalue weighted by Crippen LogP contribution is 2.25. The van der Waals surface area contributed by atoms with Crippen LogP contribution in [0.2, 0.25) is 0 Å². The average molecular weight is 423 g/mol. The van der Waals surface area contributed by atoms with Gasteiger partial charge in [-0.15, -0.1) is 0 Å². The van der Waals surface area contributed by atoms with E-state index in [-0.39, 0.29) is 11.7 Å². The van der Waals surface area contributed by atoms with Gasteiger partial charge in [-0.3, -0.25) is 9.69 Å². The fourth-order valence-corrected chi connectivity index (χ4v) is 3.85. The normalized spacial score (nSPS) is 14.6. The smallest absolute Gasteiger partial charge is 0.223 e. The lowest BCUT2D eigenvalue weighted by Gasteiger charge is -2.34. The Morgan fingerprint density at radius 2 is 1.74 bits per heavy atom. The lowest BCUT2D eigenvalue weighted by atomic mass is 10.1. The van der Waals surface area contributed by atoms with E-state index in [9.17, 15) is 9.18 Å². The van der Waals surface area contributed by atoms with E-state index in [1.807, 2.05) is 23.1 Å². The van der Waals surface area contributed by atoms with Crippen molar-refractivity contribution in [2.45, 2.75) is 19.4 Å². The van der Waals surface area contributed by atoms with Crippen LogP contribution in [0, 0.1) is 5.82 Å². The van der Waals surface area contributed by atoms with Gasteiger partial charge in [0.2, 0.25) is 5.91 Å². The predicted octanol–water partition coefficient (Wildman–Crippen LogP) is 4.37. The van der Waals surface area contributed by atoms with Gasteiger partial charge < -0.3 is 14.1 Å². The van der Waals surface area contributed by atoms with Crippen LogP contribution in [0.5, 0.6) is 5.75 Å². The number of hydrogen-bond donors (Lipinski definition) is 0. The van der Waals surface area contributed by atoms with Gasteiger partial charge >= 0.3 is 0 Å². The van der Waals surface area contributed by atoms with Gasteiger partial charge in [-0.25, -0.2) is 4.39 Å². The van der Waals surface area contributed by atoms with Crippen LogP contribution in [0.25, 0.3) is 11.3 Å². The fraction of sp³-hybridized carbons (Fsp3) is 0.320. The molecule has 3 aromatic rings. The van der Waals surface area contributed by atoms with Crippen molar-refractivity contribution in [3.05, 3.63) is 77.8 Å². The highest BCUT2D eigenvalue weighted by Gasteiger charge is 2.21. The van der Waals surface area contributed by atoms with Crippen LogP contribution in [-0.2, 0) is 17.8 Å². The number of nitrogens with zero attached hydrogens (tertiary/aromatic N) is 2. The van der Waals surface area contributed by atoms with Crippen molar-refractivity contribution in [2.24, 2.45) is 0 Å². The molecular formula is C25H27FN2O3. The van der Waals surface area contributed by atoms with Crippen LogP contribution in [0.15, 0.2) is 65.1 Å². The summed E-state index contributed by atoms with van der Waals surface area (Å²) in [7, 11) is 1.67. The molecule has 31 heavy (non-hydrogen) atoms. The fourth-order valence-electron chi connectivity index (χ4n) is 3.85. The number of aryl methyl sites for hydroxylation is 1. The topological polar surface area (TPSA) is 45.9 Å². The van der Waals surface area contributed by atoms with Gasteiger partial charge in [0.25, 0.3) is 0 Å². The molecule has 0 spiro atoms. The second kappa shape index (κ2) is 9.79. The van der Waals surface area contributed by atoms with Crippen molar-refractivity contribution in [2.75, 3.05) is 33.3 Å². The van der Waals surface area contributed by atoms with Crippen LogP contribution >= 0.6 is 0 Å². The maximum absolute atomic E-state index is 13.9. The third-order valence-corrected chi connectivity index (χ3v) is 5.68. The summed E-state index contributed by atoms with van der Waals surface area (Å²) in [4.78, 5) is 16.9. The third kappa shape index (κ3) is 5.33. The molecule has 0 atom stereocenters. The second-order valence-electron chi connectivity index (χ2n) is 7.75. The minimum atomic E-state index is -0.313. The molecule has 1 aromatic heterocycles. The second-order valence-corrected chi connectivity index (χ2v) is 7.75. The number of amides is 1. The quantitative estimate of drug-likeness (QED) is 0.567. The summed E-state index contributed by atoms with van der Waals surface area (Å²) >= 11 is 0. The Kier molecular flexibility index (Phi) is 6.67. The number of carbonyl (C=O) groups excluding carboxylic acids is 1. The Labute approximate surface area is 182 Å². The Hall–Kier alpha value is -3.12. The van der Waals surface area contributed by atoms with Crippen LogP contribution < -0.4 is 4.74 Å². The van der Waals surface area contributed by atoms with Crippen molar-refractivity contribution in [3.63, 3.8) is 0 Å². The molecule has 2 aromatic carbocycles. The number of furan rings is 1. The molecule has 0 radical (unpaired) electrons. The highest BCUT2D eigenvalue weighted by atomic mass is 19.1. The van der Waals surface area contributed by atoms with Crippen LogP contribution in [0.3, 0.4) is 0 Å². The first-order valence-electron chi connectivity index (χ1n) is 10.6. The Morgan fingerprint density at radius 3 is 2.45 bits per heavy atom. The molecule has 1 saturated heterocycles. The summed E-state index contributed by atoms with van der Waals surface area (Å²) in [5.74, 6) is 1.87. The molecule has 0 saturated carbocycles.